The van der Waals surface area contributed by atoms with Gasteiger partial charge in [-0.3, -0.25) is 4.90 Å². The number of halogens is 1. The van der Waals surface area contributed by atoms with E-state index in [1.807, 2.05) is 0 Å². The third-order valence-corrected chi connectivity index (χ3v) is 7.70. The molecule has 3 nitrogen and oxygen atoms in total. The lowest BCUT2D eigenvalue weighted by Crippen LogP contribution is -2.60. The van der Waals surface area contributed by atoms with Gasteiger partial charge in [0.2, 0.25) is 0 Å². The molecule has 1 spiro atoms. The maximum absolute atomic E-state index is 15.2. The molecule has 4 rings (SSSR count). The van der Waals surface area contributed by atoms with E-state index >= 15 is 4.39 Å². The van der Waals surface area contributed by atoms with Crippen LogP contribution in [0.2, 0.25) is 0 Å². The number of hydrogen-bond donors (Lipinski definition) is 0. The van der Waals surface area contributed by atoms with Crippen molar-refractivity contribution in [3.63, 3.8) is 0 Å². The average Bonchev–Trinajstić information content (AvgIpc) is 3.30. The SMILES string of the molecule is CCCC1(CN2CCC3(CC2)CC(F)(CN2CCN(C)CC2)C3)CC1. The van der Waals surface area contributed by atoms with Crippen LogP contribution in [0.15, 0.2) is 0 Å². The smallest absolute Gasteiger partial charge is 0.124 e. The Morgan fingerprint density at radius 1 is 0.800 bits per heavy atom. The molecule has 0 N–H and O–H groups in total. The molecule has 4 heteroatoms. The Balaban J connectivity index is 1.21. The Kier molecular flexibility index (Phi) is 4.92. The minimum absolute atomic E-state index is 0.347. The van der Waals surface area contributed by atoms with E-state index in [1.54, 1.807) is 0 Å². The molecular weight excluding hydrogens is 313 g/mol. The molecule has 0 aromatic rings. The van der Waals surface area contributed by atoms with E-state index in [0.29, 0.717) is 17.4 Å². The largest absolute Gasteiger partial charge is 0.304 e. The normalized spacial score (nSPS) is 31.8. The molecule has 25 heavy (non-hydrogen) atoms. The summed E-state index contributed by atoms with van der Waals surface area (Å²) in [6.07, 6.45) is 9.78. The van der Waals surface area contributed by atoms with Gasteiger partial charge in [-0.2, -0.15) is 0 Å². The number of likely N-dealkylation sites (tertiary alicyclic amines) is 1. The minimum Gasteiger partial charge on any atom is -0.304 e. The third kappa shape index (κ3) is 4.06. The molecule has 2 saturated carbocycles. The number of rotatable bonds is 6. The maximum Gasteiger partial charge on any atom is 0.124 e. The van der Waals surface area contributed by atoms with Crippen molar-refractivity contribution in [2.45, 2.75) is 64.0 Å². The fourth-order valence-corrected chi connectivity index (χ4v) is 6.02. The van der Waals surface area contributed by atoms with Crippen LogP contribution in [-0.2, 0) is 0 Å². The van der Waals surface area contributed by atoms with E-state index < -0.39 is 5.67 Å². The van der Waals surface area contributed by atoms with Gasteiger partial charge in [-0.15, -0.1) is 0 Å². The summed E-state index contributed by atoms with van der Waals surface area (Å²) in [4.78, 5) is 7.42. The van der Waals surface area contributed by atoms with Gasteiger partial charge in [0.15, 0.2) is 0 Å². The molecule has 0 aromatic carbocycles. The molecule has 4 fully saturated rings. The van der Waals surface area contributed by atoms with E-state index in [2.05, 4.69) is 28.7 Å². The highest BCUT2D eigenvalue weighted by Crippen LogP contribution is 2.57. The molecule has 2 aliphatic heterocycles. The highest BCUT2D eigenvalue weighted by atomic mass is 19.1. The molecule has 0 unspecified atom stereocenters. The Bertz CT molecular complexity index is 452. The van der Waals surface area contributed by atoms with Gasteiger partial charge in [0, 0.05) is 39.3 Å². The topological polar surface area (TPSA) is 9.72 Å². The molecule has 0 bridgehead atoms. The molecule has 2 saturated heterocycles. The fraction of sp³-hybridized carbons (Fsp3) is 1.00. The molecule has 4 aliphatic rings. The van der Waals surface area contributed by atoms with Crippen LogP contribution in [0.5, 0.6) is 0 Å². The highest BCUT2D eigenvalue weighted by Gasteiger charge is 2.56. The second-order valence-corrected chi connectivity index (χ2v) is 10.1. The number of likely N-dealkylation sites (N-methyl/N-ethyl adjacent to an activating group) is 1. The van der Waals surface area contributed by atoms with Crippen LogP contribution in [0, 0.1) is 10.8 Å². The quantitative estimate of drug-likeness (QED) is 0.726. The van der Waals surface area contributed by atoms with E-state index in [9.17, 15) is 0 Å². The van der Waals surface area contributed by atoms with Gasteiger partial charge in [-0.25, -0.2) is 4.39 Å². The average molecular weight is 352 g/mol. The number of alkyl halides is 1. The van der Waals surface area contributed by atoms with Crippen LogP contribution in [-0.4, -0.2) is 79.8 Å². The van der Waals surface area contributed by atoms with Gasteiger partial charge >= 0.3 is 0 Å². The third-order valence-electron chi connectivity index (χ3n) is 7.70. The Morgan fingerprint density at radius 2 is 1.40 bits per heavy atom. The summed E-state index contributed by atoms with van der Waals surface area (Å²) < 4.78 is 15.2. The Morgan fingerprint density at radius 3 is 1.96 bits per heavy atom. The molecule has 0 aromatic heterocycles. The van der Waals surface area contributed by atoms with Gasteiger partial charge in [-0.1, -0.05) is 13.3 Å². The molecule has 0 radical (unpaired) electrons. The summed E-state index contributed by atoms with van der Waals surface area (Å²) in [6.45, 7) is 11.0. The molecule has 144 valence electrons. The summed E-state index contributed by atoms with van der Waals surface area (Å²) >= 11 is 0. The predicted octanol–water partition coefficient (Wildman–Crippen LogP) is 3.40. The first-order valence-corrected chi connectivity index (χ1v) is 10.8. The first-order chi connectivity index (χ1) is 11.9. The molecular formula is C21H38FN3. The van der Waals surface area contributed by atoms with Crippen LogP contribution >= 0.6 is 0 Å². The monoisotopic (exact) mass is 351 g/mol. The number of nitrogens with zero attached hydrogens (tertiary/aromatic N) is 3. The number of piperidine rings is 1. The minimum atomic E-state index is -0.891. The molecule has 2 heterocycles. The van der Waals surface area contributed by atoms with Gasteiger partial charge in [0.05, 0.1) is 0 Å². The first-order valence-electron chi connectivity index (χ1n) is 10.8. The summed E-state index contributed by atoms with van der Waals surface area (Å²) in [5.41, 5.74) is 0.126. The zero-order valence-electron chi connectivity index (χ0n) is 16.5. The zero-order chi connectivity index (χ0) is 17.5. The molecule has 0 atom stereocenters. The van der Waals surface area contributed by atoms with Crippen molar-refractivity contribution >= 4 is 0 Å². The number of piperazine rings is 1. The first kappa shape index (κ1) is 18.2. The predicted molar refractivity (Wildman–Crippen MR) is 102 cm³/mol. The second-order valence-electron chi connectivity index (χ2n) is 10.1. The van der Waals surface area contributed by atoms with Crippen molar-refractivity contribution in [1.82, 2.24) is 14.7 Å². The van der Waals surface area contributed by atoms with Crippen molar-refractivity contribution in [2.24, 2.45) is 10.8 Å². The van der Waals surface area contributed by atoms with Crippen molar-refractivity contribution < 1.29 is 4.39 Å². The highest BCUT2D eigenvalue weighted by molar-refractivity contribution is 5.08. The van der Waals surface area contributed by atoms with Crippen LogP contribution < -0.4 is 0 Å². The van der Waals surface area contributed by atoms with Crippen LogP contribution in [0.4, 0.5) is 4.39 Å². The van der Waals surface area contributed by atoms with Crippen molar-refractivity contribution in [3.8, 4) is 0 Å². The summed E-state index contributed by atoms with van der Waals surface area (Å²) in [6, 6.07) is 0. The summed E-state index contributed by atoms with van der Waals surface area (Å²) in [5, 5.41) is 0. The van der Waals surface area contributed by atoms with Crippen LogP contribution in [0.25, 0.3) is 0 Å². The van der Waals surface area contributed by atoms with E-state index in [-0.39, 0.29) is 0 Å². The Hall–Kier alpha value is -0.190. The van der Waals surface area contributed by atoms with Crippen LogP contribution in [0.1, 0.15) is 58.3 Å². The standard InChI is InChI=1S/C21H38FN3/c1-3-4-19(5-6-19)17-24-9-7-20(8-10-24)15-21(22,16-20)18-25-13-11-23(2)12-14-25/h3-18H2,1-2H3. The van der Waals surface area contributed by atoms with E-state index in [0.717, 1.165) is 39.0 Å². The fourth-order valence-electron chi connectivity index (χ4n) is 6.02. The number of hydrogen-bond acceptors (Lipinski definition) is 3. The maximum atomic E-state index is 15.2. The van der Waals surface area contributed by atoms with Gasteiger partial charge in [-0.05, 0) is 75.9 Å². The lowest BCUT2D eigenvalue weighted by Gasteiger charge is -2.57. The lowest BCUT2D eigenvalue weighted by molar-refractivity contribution is -0.116. The Labute approximate surface area is 153 Å². The van der Waals surface area contributed by atoms with Gasteiger partial charge in [0.25, 0.3) is 0 Å². The lowest BCUT2D eigenvalue weighted by atomic mass is 9.55. The van der Waals surface area contributed by atoms with Gasteiger partial charge < -0.3 is 9.80 Å². The van der Waals surface area contributed by atoms with Gasteiger partial charge in [0.1, 0.15) is 5.67 Å². The summed E-state index contributed by atoms with van der Waals surface area (Å²) in [7, 11) is 2.17. The molecule has 2 aliphatic carbocycles. The van der Waals surface area contributed by atoms with Crippen LogP contribution in [0.3, 0.4) is 0 Å². The van der Waals surface area contributed by atoms with Crippen molar-refractivity contribution in [3.05, 3.63) is 0 Å². The van der Waals surface area contributed by atoms with Crippen molar-refractivity contribution in [1.29, 1.82) is 0 Å². The van der Waals surface area contributed by atoms with E-state index in [4.69, 9.17) is 0 Å². The summed E-state index contributed by atoms with van der Waals surface area (Å²) in [5.74, 6) is 0. The van der Waals surface area contributed by atoms with Crippen molar-refractivity contribution in [2.75, 3.05) is 59.4 Å². The molecule has 0 amide bonds. The van der Waals surface area contributed by atoms with E-state index in [1.165, 1.54) is 58.2 Å². The second kappa shape index (κ2) is 6.76. The zero-order valence-corrected chi connectivity index (χ0v) is 16.5.